The molecule has 0 bridgehead atoms. The molecule has 0 aromatic heterocycles. The largest absolute Gasteiger partial charge is 0.508 e. The first-order chi connectivity index (χ1) is 30.6. The number of nitrogens with one attached hydrogen (secondary N) is 7. The molecule has 0 fully saturated rings. The number of aliphatic carboxylic acids is 1. The van der Waals surface area contributed by atoms with Crippen molar-refractivity contribution in [2.24, 2.45) is 0 Å². The molecule has 0 aliphatic rings. The molecule has 0 heterocycles. The Morgan fingerprint density at radius 2 is 1.03 bits per heavy atom. The van der Waals surface area contributed by atoms with E-state index >= 15 is 0 Å². The van der Waals surface area contributed by atoms with Crippen LogP contribution >= 0.6 is 0 Å². The van der Waals surface area contributed by atoms with Gasteiger partial charge in [-0.3, -0.25) is 38.4 Å². The molecule has 1 aromatic rings. The molecule has 0 unspecified atom stereocenters. The highest BCUT2D eigenvalue weighted by molar-refractivity contribution is 5.97. The van der Waals surface area contributed by atoms with E-state index in [1.54, 1.807) is 0 Å². The van der Waals surface area contributed by atoms with E-state index in [0.717, 1.165) is 77.0 Å². The van der Waals surface area contributed by atoms with E-state index in [1.165, 1.54) is 38.2 Å². The van der Waals surface area contributed by atoms with Crippen LogP contribution in [0.1, 0.15) is 129 Å². The van der Waals surface area contributed by atoms with E-state index in [9.17, 15) is 58.8 Å². The first kappa shape index (κ1) is 56.7. The van der Waals surface area contributed by atoms with Gasteiger partial charge in [0.1, 0.15) is 36.0 Å². The standard InChI is InChI=1S/C44H73N7O13/c1-4-5-18-32(40(60)45-3)48-44(64)39(29(2)54)51-41(61)33(25-30-21-23-31(55)24-22-30)49-43(63)35(28-53)50-42(62)34(27-52)47-37(57)26-46-36(56)19-16-14-12-10-8-6-7-9-11-13-15-17-20-38(58)59/h21-24,29,32-35,39,52-55H,4-20,25-28H2,1-3H3,(H,45,60)(H,46,56)(H,47,57)(H,48,64)(H,49,63)(H,50,62)(H,51,61)(H,58,59)/t29-,32+,33+,34+,35+,39+/m1/s1. The summed E-state index contributed by atoms with van der Waals surface area (Å²) in [6, 6.07) is -1.70. The number of hydrogen-bond donors (Lipinski definition) is 12. The monoisotopic (exact) mass is 908 g/mol. The van der Waals surface area contributed by atoms with Gasteiger partial charge in [-0.15, -0.1) is 0 Å². The van der Waals surface area contributed by atoms with Gasteiger partial charge in [0.15, 0.2) is 0 Å². The molecule has 12 N–H and O–H groups in total. The SMILES string of the molecule is CCCC[C@H](NC(=O)[C@@H](NC(=O)[C@H](Cc1ccc(O)cc1)NC(=O)[C@H](CO)NC(=O)[C@H](CO)NC(=O)CNC(=O)CCCCCCCCCCCCCCC(=O)O)[C@@H](C)O)C(=O)NC. The van der Waals surface area contributed by atoms with E-state index in [2.05, 4.69) is 37.2 Å². The highest BCUT2D eigenvalue weighted by Crippen LogP contribution is 2.14. The molecule has 64 heavy (non-hydrogen) atoms. The van der Waals surface area contributed by atoms with Crippen LogP contribution in [0.25, 0.3) is 0 Å². The Bertz CT molecular complexity index is 1600. The van der Waals surface area contributed by atoms with Crippen molar-refractivity contribution >= 4 is 47.3 Å². The first-order valence-electron chi connectivity index (χ1n) is 22.4. The Labute approximate surface area is 375 Å². The minimum Gasteiger partial charge on any atom is -0.508 e. The quantitative estimate of drug-likeness (QED) is 0.0409. The Morgan fingerprint density at radius 3 is 1.52 bits per heavy atom. The fraction of sp³-hybridized carbons (Fsp3) is 0.682. The van der Waals surface area contributed by atoms with Gasteiger partial charge < -0.3 is 62.8 Å². The summed E-state index contributed by atoms with van der Waals surface area (Å²) in [6.45, 7) is 0.764. The molecule has 0 saturated heterocycles. The number of likely N-dealkylation sites (N-methyl/N-ethyl adjacent to an activating group) is 1. The summed E-state index contributed by atoms with van der Waals surface area (Å²) in [4.78, 5) is 101. The second-order valence-electron chi connectivity index (χ2n) is 15.9. The van der Waals surface area contributed by atoms with E-state index in [1.807, 2.05) is 6.92 Å². The minimum absolute atomic E-state index is 0.0786. The number of rotatable bonds is 35. The number of benzene rings is 1. The molecule has 0 aliphatic heterocycles. The van der Waals surface area contributed by atoms with Crippen molar-refractivity contribution in [3.05, 3.63) is 29.8 Å². The maximum Gasteiger partial charge on any atom is 0.303 e. The van der Waals surface area contributed by atoms with Crippen molar-refractivity contribution in [3.8, 4) is 5.75 Å². The maximum absolute atomic E-state index is 13.7. The predicted molar refractivity (Wildman–Crippen MR) is 236 cm³/mol. The zero-order valence-electron chi connectivity index (χ0n) is 37.6. The molecule has 362 valence electrons. The highest BCUT2D eigenvalue weighted by atomic mass is 16.4. The fourth-order valence-electron chi connectivity index (χ4n) is 6.62. The zero-order chi connectivity index (χ0) is 47.9. The number of hydrogen-bond acceptors (Lipinski definition) is 12. The molecule has 20 nitrogen and oxygen atoms in total. The number of aliphatic hydroxyl groups is 3. The summed E-state index contributed by atoms with van der Waals surface area (Å²) in [5.41, 5.74) is 0.438. The van der Waals surface area contributed by atoms with Crippen molar-refractivity contribution in [2.75, 3.05) is 26.8 Å². The van der Waals surface area contributed by atoms with Gasteiger partial charge in [-0.05, 0) is 43.9 Å². The molecule has 1 aromatic carbocycles. The van der Waals surface area contributed by atoms with Crippen LogP contribution in [0, 0.1) is 0 Å². The predicted octanol–water partition coefficient (Wildman–Crippen LogP) is 0.323. The molecule has 20 heteroatoms. The molecule has 7 amide bonds. The third-order valence-electron chi connectivity index (χ3n) is 10.4. The Morgan fingerprint density at radius 1 is 0.562 bits per heavy atom. The Kier molecular flexibility index (Phi) is 29.4. The first-order valence-corrected chi connectivity index (χ1v) is 22.4. The average molecular weight is 908 g/mol. The molecule has 0 spiro atoms. The van der Waals surface area contributed by atoms with Crippen LogP contribution in [-0.4, -0.2) is 136 Å². The number of carbonyl (C=O) groups is 8. The summed E-state index contributed by atoms with van der Waals surface area (Å²) in [7, 11) is 1.40. The molecule has 1 rings (SSSR count). The third-order valence-corrected chi connectivity index (χ3v) is 10.4. The van der Waals surface area contributed by atoms with E-state index in [-0.39, 0.29) is 30.9 Å². The third kappa shape index (κ3) is 24.5. The van der Waals surface area contributed by atoms with Gasteiger partial charge in [0, 0.05) is 26.3 Å². The number of phenolic OH excluding ortho intramolecular Hbond substituents is 1. The van der Waals surface area contributed by atoms with Crippen LogP contribution in [0.3, 0.4) is 0 Å². The molecule has 0 saturated carbocycles. The van der Waals surface area contributed by atoms with Crippen LogP contribution in [0.5, 0.6) is 5.75 Å². The van der Waals surface area contributed by atoms with Crippen LogP contribution in [0.2, 0.25) is 0 Å². The van der Waals surface area contributed by atoms with E-state index in [0.29, 0.717) is 24.8 Å². The summed E-state index contributed by atoms with van der Waals surface area (Å²) in [6.07, 6.45) is 12.2. The van der Waals surface area contributed by atoms with E-state index < -0.39 is 97.5 Å². The number of aliphatic hydroxyl groups excluding tert-OH is 3. The zero-order valence-corrected chi connectivity index (χ0v) is 37.6. The lowest BCUT2D eigenvalue weighted by Crippen LogP contribution is -2.62. The second kappa shape index (κ2) is 33.2. The second-order valence-corrected chi connectivity index (χ2v) is 15.9. The summed E-state index contributed by atoms with van der Waals surface area (Å²) < 4.78 is 0. The van der Waals surface area contributed by atoms with Gasteiger partial charge in [0.25, 0.3) is 0 Å². The Hall–Kier alpha value is -5.34. The average Bonchev–Trinajstić information content (AvgIpc) is 3.26. The number of carbonyl (C=O) groups excluding carboxylic acids is 7. The van der Waals surface area contributed by atoms with Crippen LogP contribution in [-0.2, 0) is 44.8 Å². The maximum atomic E-state index is 13.7. The number of amides is 7. The number of carboxylic acid groups (broad SMARTS) is 1. The lowest BCUT2D eigenvalue weighted by Gasteiger charge is -2.27. The number of unbranched alkanes of at least 4 members (excludes halogenated alkanes) is 12. The molecular formula is C44H73N7O13. The number of phenols is 1. The van der Waals surface area contributed by atoms with Crippen molar-refractivity contribution < 1.29 is 63.9 Å². The van der Waals surface area contributed by atoms with E-state index in [4.69, 9.17) is 5.11 Å². The highest BCUT2D eigenvalue weighted by Gasteiger charge is 2.34. The van der Waals surface area contributed by atoms with Gasteiger partial charge in [0.2, 0.25) is 41.4 Å². The lowest BCUT2D eigenvalue weighted by atomic mass is 10.0. The smallest absolute Gasteiger partial charge is 0.303 e. The van der Waals surface area contributed by atoms with Crippen molar-refractivity contribution in [3.63, 3.8) is 0 Å². The van der Waals surface area contributed by atoms with Crippen molar-refractivity contribution in [2.45, 2.75) is 166 Å². The fourth-order valence-corrected chi connectivity index (χ4v) is 6.62. The molecular weight excluding hydrogens is 835 g/mol. The van der Waals surface area contributed by atoms with Gasteiger partial charge in [0.05, 0.1) is 25.9 Å². The topological polar surface area (TPSA) is 322 Å². The summed E-state index contributed by atoms with van der Waals surface area (Å²) in [5, 5.41) is 65.6. The minimum atomic E-state index is -1.70. The molecule has 6 atom stereocenters. The lowest BCUT2D eigenvalue weighted by molar-refractivity contribution is -0.137. The summed E-state index contributed by atoms with van der Waals surface area (Å²) >= 11 is 0. The van der Waals surface area contributed by atoms with Crippen LogP contribution < -0.4 is 37.2 Å². The Balaban J connectivity index is 2.73. The number of carboxylic acids is 1. The van der Waals surface area contributed by atoms with Gasteiger partial charge in [-0.1, -0.05) is 96.1 Å². The van der Waals surface area contributed by atoms with Crippen LogP contribution in [0.15, 0.2) is 24.3 Å². The number of aromatic hydroxyl groups is 1. The van der Waals surface area contributed by atoms with Gasteiger partial charge in [-0.25, -0.2) is 0 Å². The van der Waals surface area contributed by atoms with Gasteiger partial charge in [-0.2, -0.15) is 0 Å². The molecule has 0 aliphatic carbocycles. The normalized spacial score (nSPS) is 13.8. The van der Waals surface area contributed by atoms with Crippen molar-refractivity contribution in [1.82, 2.24) is 37.2 Å². The van der Waals surface area contributed by atoms with Crippen molar-refractivity contribution in [1.29, 1.82) is 0 Å². The van der Waals surface area contributed by atoms with Gasteiger partial charge >= 0.3 is 5.97 Å². The molecule has 0 radical (unpaired) electrons. The summed E-state index contributed by atoms with van der Waals surface area (Å²) in [5.74, 6) is -6.44. The van der Waals surface area contributed by atoms with Crippen LogP contribution in [0.4, 0.5) is 0 Å².